The molecule has 3 rings (SSSR count). The van der Waals surface area contributed by atoms with Gasteiger partial charge in [-0.3, -0.25) is 4.90 Å². The maximum atomic E-state index is 5.70. The average molecular weight is 277 g/mol. The fourth-order valence-corrected chi connectivity index (χ4v) is 3.59. The lowest BCUT2D eigenvalue weighted by atomic mass is 9.96. The van der Waals surface area contributed by atoms with Crippen LogP contribution in [0.1, 0.15) is 37.0 Å². The molecule has 20 heavy (non-hydrogen) atoms. The molecule has 4 heteroatoms. The highest BCUT2D eigenvalue weighted by atomic mass is 16.3. The number of rotatable bonds is 5. The summed E-state index contributed by atoms with van der Waals surface area (Å²) in [4.78, 5) is 5.20. The first-order chi connectivity index (χ1) is 9.85. The van der Waals surface area contributed by atoms with E-state index >= 15 is 0 Å². The summed E-state index contributed by atoms with van der Waals surface area (Å²) in [6.45, 7) is 7.92. The highest BCUT2D eigenvalue weighted by Crippen LogP contribution is 2.22. The van der Waals surface area contributed by atoms with Crippen molar-refractivity contribution in [3.8, 4) is 0 Å². The highest BCUT2D eigenvalue weighted by molar-refractivity contribution is 5.16. The van der Waals surface area contributed by atoms with Crippen LogP contribution in [0.25, 0.3) is 0 Å². The lowest BCUT2D eigenvalue weighted by Crippen LogP contribution is -2.37. The molecule has 2 aliphatic rings. The largest absolute Gasteiger partial charge is 0.468 e. The van der Waals surface area contributed by atoms with Crippen LogP contribution in [0.15, 0.2) is 16.7 Å². The van der Waals surface area contributed by atoms with Crippen molar-refractivity contribution in [2.75, 3.05) is 32.7 Å². The predicted octanol–water partition coefficient (Wildman–Crippen LogP) is 2.05. The second kappa shape index (κ2) is 6.74. The van der Waals surface area contributed by atoms with Crippen molar-refractivity contribution in [2.24, 2.45) is 11.7 Å². The maximum absolute atomic E-state index is 5.70. The van der Waals surface area contributed by atoms with E-state index < -0.39 is 0 Å². The molecule has 0 radical (unpaired) electrons. The number of likely N-dealkylation sites (tertiary alicyclic amines) is 2. The van der Waals surface area contributed by atoms with Crippen molar-refractivity contribution in [1.29, 1.82) is 0 Å². The lowest BCUT2D eigenvalue weighted by molar-refractivity contribution is 0.148. The molecule has 0 saturated carbocycles. The Kier molecular flexibility index (Phi) is 4.76. The van der Waals surface area contributed by atoms with E-state index in [0.29, 0.717) is 6.54 Å². The molecule has 3 heterocycles. The van der Waals surface area contributed by atoms with Crippen molar-refractivity contribution in [3.05, 3.63) is 23.7 Å². The van der Waals surface area contributed by atoms with E-state index in [1.165, 1.54) is 64.0 Å². The number of piperidine rings is 1. The number of furan rings is 1. The molecule has 112 valence electrons. The minimum Gasteiger partial charge on any atom is -0.468 e. The monoisotopic (exact) mass is 277 g/mol. The summed E-state index contributed by atoms with van der Waals surface area (Å²) in [6.07, 6.45) is 7.25. The van der Waals surface area contributed by atoms with Gasteiger partial charge in [-0.05, 0) is 63.8 Å². The second-order valence-corrected chi connectivity index (χ2v) is 6.30. The zero-order valence-electron chi connectivity index (χ0n) is 12.4. The zero-order chi connectivity index (χ0) is 13.8. The number of nitrogens with two attached hydrogens (primary N) is 1. The molecule has 1 aromatic rings. The van der Waals surface area contributed by atoms with E-state index in [0.717, 1.165) is 18.2 Å². The van der Waals surface area contributed by atoms with Gasteiger partial charge in [-0.2, -0.15) is 0 Å². The van der Waals surface area contributed by atoms with Crippen molar-refractivity contribution >= 4 is 0 Å². The first-order valence-corrected chi connectivity index (χ1v) is 8.05. The molecular weight excluding hydrogens is 250 g/mol. The Morgan fingerprint density at radius 1 is 1.10 bits per heavy atom. The van der Waals surface area contributed by atoms with Gasteiger partial charge in [0.15, 0.2) is 0 Å². The van der Waals surface area contributed by atoms with Crippen molar-refractivity contribution in [1.82, 2.24) is 9.80 Å². The van der Waals surface area contributed by atoms with Crippen molar-refractivity contribution in [2.45, 2.75) is 38.8 Å². The summed E-state index contributed by atoms with van der Waals surface area (Å²) in [5, 5.41) is 0. The van der Waals surface area contributed by atoms with Gasteiger partial charge in [0.05, 0.1) is 12.8 Å². The summed E-state index contributed by atoms with van der Waals surface area (Å²) in [5.41, 5.74) is 6.96. The molecule has 4 nitrogen and oxygen atoms in total. The van der Waals surface area contributed by atoms with E-state index in [1.807, 2.05) is 0 Å². The second-order valence-electron chi connectivity index (χ2n) is 6.30. The zero-order valence-corrected chi connectivity index (χ0v) is 12.4. The van der Waals surface area contributed by atoms with E-state index in [2.05, 4.69) is 15.9 Å². The van der Waals surface area contributed by atoms with Gasteiger partial charge in [0, 0.05) is 18.7 Å². The Hall–Kier alpha value is -0.840. The first-order valence-electron chi connectivity index (χ1n) is 8.05. The van der Waals surface area contributed by atoms with Crippen molar-refractivity contribution in [3.63, 3.8) is 0 Å². The summed E-state index contributed by atoms with van der Waals surface area (Å²) in [6, 6.07) is 2.07. The van der Waals surface area contributed by atoms with E-state index in [-0.39, 0.29) is 0 Å². The molecule has 0 aromatic carbocycles. The van der Waals surface area contributed by atoms with Gasteiger partial charge < -0.3 is 15.1 Å². The summed E-state index contributed by atoms with van der Waals surface area (Å²) >= 11 is 0. The van der Waals surface area contributed by atoms with Crippen LogP contribution in [0.4, 0.5) is 0 Å². The van der Waals surface area contributed by atoms with E-state index in [4.69, 9.17) is 10.2 Å². The van der Waals surface area contributed by atoms with Crippen LogP contribution in [-0.2, 0) is 13.1 Å². The SMILES string of the molecule is NCc1occc1CN1CCC(CN2CCCC2)CC1. The quantitative estimate of drug-likeness (QED) is 0.894. The van der Waals surface area contributed by atoms with Crippen LogP contribution in [0.5, 0.6) is 0 Å². The minimum atomic E-state index is 0.508. The fraction of sp³-hybridized carbons (Fsp3) is 0.750. The van der Waals surface area contributed by atoms with Gasteiger partial charge in [-0.15, -0.1) is 0 Å². The number of hydrogen-bond acceptors (Lipinski definition) is 4. The standard InChI is InChI=1S/C16H27N3O/c17-11-16-15(5-10-20-16)13-19-8-3-14(4-9-19)12-18-6-1-2-7-18/h5,10,14H,1-4,6-9,11-13,17H2. The van der Waals surface area contributed by atoms with E-state index in [9.17, 15) is 0 Å². The van der Waals surface area contributed by atoms with Gasteiger partial charge in [0.1, 0.15) is 5.76 Å². The van der Waals surface area contributed by atoms with Gasteiger partial charge in [0.25, 0.3) is 0 Å². The fourth-order valence-electron chi connectivity index (χ4n) is 3.59. The Bertz CT molecular complexity index is 404. The molecule has 0 atom stereocenters. The van der Waals surface area contributed by atoms with Gasteiger partial charge in [0.2, 0.25) is 0 Å². The lowest BCUT2D eigenvalue weighted by Gasteiger charge is -2.33. The van der Waals surface area contributed by atoms with Crippen LogP contribution in [0.3, 0.4) is 0 Å². The first kappa shape index (κ1) is 14.1. The molecule has 0 bridgehead atoms. The Balaban J connectivity index is 1.44. The molecule has 2 saturated heterocycles. The third-order valence-corrected chi connectivity index (χ3v) is 4.84. The normalized spacial score (nSPS) is 22.6. The number of nitrogens with zero attached hydrogens (tertiary/aromatic N) is 2. The minimum absolute atomic E-state index is 0.508. The van der Waals surface area contributed by atoms with Crippen molar-refractivity contribution < 1.29 is 4.42 Å². The van der Waals surface area contributed by atoms with Crippen LogP contribution in [0.2, 0.25) is 0 Å². The predicted molar refractivity (Wildman–Crippen MR) is 80.3 cm³/mol. The van der Waals surface area contributed by atoms with Crippen LogP contribution < -0.4 is 5.73 Å². The molecule has 0 amide bonds. The van der Waals surface area contributed by atoms with Gasteiger partial charge >= 0.3 is 0 Å². The summed E-state index contributed by atoms with van der Waals surface area (Å²) in [7, 11) is 0. The summed E-state index contributed by atoms with van der Waals surface area (Å²) < 4.78 is 5.41. The molecule has 0 aliphatic carbocycles. The molecule has 0 spiro atoms. The third-order valence-electron chi connectivity index (χ3n) is 4.84. The van der Waals surface area contributed by atoms with Crippen LogP contribution in [-0.4, -0.2) is 42.5 Å². The maximum Gasteiger partial charge on any atom is 0.121 e. The third kappa shape index (κ3) is 3.43. The van der Waals surface area contributed by atoms with Gasteiger partial charge in [-0.25, -0.2) is 0 Å². The summed E-state index contributed by atoms with van der Waals surface area (Å²) in [5.74, 6) is 1.85. The highest BCUT2D eigenvalue weighted by Gasteiger charge is 2.23. The Labute approximate surface area is 121 Å². The molecule has 2 fully saturated rings. The molecule has 2 aliphatic heterocycles. The number of hydrogen-bond donors (Lipinski definition) is 1. The van der Waals surface area contributed by atoms with E-state index in [1.54, 1.807) is 6.26 Å². The Morgan fingerprint density at radius 2 is 1.85 bits per heavy atom. The average Bonchev–Trinajstić information content (AvgIpc) is 3.12. The smallest absolute Gasteiger partial charge is 0.121 e. The molecule has 0 unspecified atom stereocenters. The molecule has 1 aromatic heterocycles. The molecular formula is C16H27N3O. The van der Waals surface area contributed by atoms with Gasteiger partial charge in [-0.1, -0.05) is 0 Å². The molecule has 2 N–H and O–H groups in total. The van der Waals surface area contributed by atoms with Crippen LogP contribution in [0, 0.1) is 5.92 Å². The van der Waals surface area contributed by atoms with Crippen LogP contribution >= 0.6 is 0 Å². The Morgan fingerprint density at radius 3 is 2.55 bits per heavy atom. The topological polar surface area (TPSA) is 45.6 Å².